The van der Waals surface area contributed by atoms with Gasteiger partial charge in [0.25, 0.3) is 0 Å². The average Bonchev–Trinajstić information content (AvgIpc) is 2.54. The highest BCUT2D eigenvalue weighted by molar-refractivity contribution is 5.85. The first kappa shape index (κ1) is 26.1. The number of hydrogen-bond acceptors (Lipinski definition) is 11. The van der Waals surface area contributed by atoms with E-state index in [-0.39, 0.29) is 32.2 Å². The number of ether oxygens (including phenoxy) is 6. The number of rotatable bonds is 8. The van der Waals surface area contributed by atoms with E-state index in [2.05, 4.69) is 0 Å². The molecule has 1 rings (SSSR count). The summed E-state index contributed by atoms with van der Waals surface area (Å²) in [5, 5.41) is 0. The summed E-state index contributed by atoms with van der Waals surface area (Å²) in [7, 11) is 0. The number of carbonyl (C=O) groups is 4. The SMILES string of the molecule is CC(=O)OC[C@H]1O[C@@H](OCCN)[C@H](OC(C)=O)[C@@H](OC(C)=O)[C@H]1OC(C)=O.Cl. The number of esters is 4. The molecule has 0 unspecified atom stereocenters. The van der Waals surface area contributed by atoms with E-state index in [1.54, 1.807) is 0 Å². The zero-order valence-electron chi connectivity index (χ0n) is 16.1. The molecule has 0 aromatic carbocycles. The first-order valence-corrected chi connectivity index (χ1v) is 8.27. The van der Waals surface area contributed by atoms with Crippen molar-refractivity contribution in [2.45, 2.75) is 58.4 Å². The molecule has 162 valence electrons. The molecule has 0 saturated carbocycles. The van der Waals surface area contributed by atoms with Gasteiger partial charge >= 0.3 is 23.9 Å². The Kier molecular flexibility index (Phi) is 11.6. The van der Waals surface area contributed by atoms with Crippen molar-refractivity contribution in [3.8, 4) is 0 Å². The maximum atomic E-state index is 11.6. The summed E-state index contributed by atoms with van der Waals surface area (Å²) in [5.41, 5.74) is 5.42. The van der Waals surface area contributed by atoms with Gasteiger partial charge in [0.15, 0.2) is 24.6 Å². The number of carbonyl (C=O) groups excluding carboxylic acids is 4. The van der Waals surface area contributed by atoms with E-state index < -0.39 is 54.6 Å². The first-order chi connectivity index (χ1) is 12.6. The van der Waals surface area contributed by atoms with Crippen molar-refractivity contribution in [3.63, 3.8) is 0 Å². The monoisotopic (exact) mass is 427 g/mol. The zero-order valence-corrected chi connectivity index (χ0v) is 16.9. The molecule has 0 aromatic rings. The molecule has 0 bridgehead atoms. The molecule has 0 radical (unpaired) electrons. The fraction of sp³-hybridized carbons (Fsp3) is 0.750. The Morgan fingerprint density at radius 2 is 1.32 bits per heavy atom. The second kappa shape index (κ2) is 12.5. The second-order valence-electron chi connectivity index (χ2n) is 5.73. The molecular weight excluding hydrogens is 402 g/mol. The van der Waals surface area contributed by atoms with Gasteiger partial charge in [-0.25, -0.2) is 0 Å². The van der Waals surface area contributed by atoms with Gasteiger partial charge in [-0.05, 0) is 0 Å². The molecular formula is C16H26ClNO10. The molecule has 1 aliphatic heterocycles. The van der Waals surface area contributed by atoms with E-state index in [0.717, 1.165) is 20.8 Å². The van der Waals surface area contributed by atoms with Crippen LogP contribution in [0.25, 0.3) is 0 Å². The second-order valence-corrected chi connectivity index (χ2v) is 5.73. The highest BCUT2D eigenvalue weighted by Gasteiger charge is 2.52. The lowest BCUT2D eigenvalue weighted by atomic mass is 9.98. The van der Waals surface area contributed by atoms with Gasteiger partial charge in [-0.3, -0.25) is 19.2 Å². The van der Waals surface area contributed by atoms with Crippen LogP contribution in [0.3, 0.4) is 0 Å². The van der Waals surface area contributed by atoms with Crippen molar-refractivity contribution >= 4 is 36.3 Å². The smallest absolute Gasteiger partial charge is 0.303 e. The van der Waals surface area contributed by atoms with Crippen LogP contribution in [-0.2, 0) is 47.6 Å². The van der Waals surface area contributed by atoms with Gasteiger partial charge in [-0.1, -0.05) is 0 Å². The van der Waals surface area contributed by atoms with Gasteiger partial charge in [0.05, 0.1) is 6.61 Å². The highest BCUT2D eigenvalue weighted by atomic mass is 35.5. The molecule has 5 atom stereocenters. The Bertz CT molecular complexity index is 558. The lowest BCUT2D eigenvalue weighted by Gasteiger charge is -2.44. The summed E-state index contributed by atoms with van der Waals surface area (Å²) in [6.45, 7) is 4.52. The zero-order chi connectivity index (χ0) is 20.6. The average molecular weight is 428 g/mol. The molecule has 0 amide bonds. The molecule has 1 heterocycles. The van der Waals surface area contributed by atoms with E-state index >= 15 is 0 Å². The standard InChI is InChI=1S/C16H25NO10.ClH/c1-8(18)23-7-12-13(24-9(2)19)14(25-10(3)20)15(26-11(4)21)16(27-12)22-6-5-17;/h12-16H,5-7,17H2,1-4H3;1H/t12-,13+,14+,15-,16-;/m1./s1. The molecule has 11 nitrogen and oxygen atoms in total. The van der Waals surface area contributed by atoms with Crippen LogP contribution in [0.4, 0.5) is 0 Å². The fourth-order valence-electron chi connectivity index (χ4n) is 2.51. The summed E-state index contributed by atoms with van der Waals surface area (Å²) in [4.78, 5) is 45.8. The predicted molar refractivity (Wildman–Crippen MR) is 94.2 cm³/mol. The summed E-state index contributed by atoms with van der Waals surface area (Å²) in [6.07, 6.45) is -5.89. The van der Waals surface area contributed by atoms with Crippen LogP contribution in [-0.4, -0.2) is 74.3 Å². The van der Waals surface area contributed by atoms with Crippen LogP contribution in [0.1, 0.15) is 27.7 Å². The van der Waals surface area contributed by atoms with Gasteiger partial charge in [-0.2, -0.15) is 0 Å². The molecule has 0 spiro atoms. The lowest BCUT2D eigenvalue weighted by Crippen LogP contribution is -2.63. The van der Waals surface area contributed by atoms with Crippen LogP contribution in [0.15, 0.2) is 0 Å². The molecule has 1 fully saturated rings. The Morgan fingerprint density at radius 1 is 0.821 bits per heavy atom. The largest absolute Gasteiger partial charge is 0.463 e. The minimum Gasteiger partial charge on any atom is -0.463 e. The number of halogens is 1. The molecule has 28 heavy (non-hydrogen) atoms. The molecule has 1 saturated heterocycles. The minimum absolute atomic E-state index is 0. The Labute approximate surface area is 168 Å². The van der Waals surface area contributed by atoms with E-state index in [9.17, 15) is 19.2 Å². The summed E-state index contributed by atoms with van der Waals surface area (Å²) < 4.78 is 31.7. The third kappa shape index (κ3) is 8.38. The van der Waals surface area contributed by atoms with Crippen molar-refractivity contribution < 1.29 is 47.6 Å². The van der Waals surface area contributed by atoms with Crippen LogP contribution in [0, 0.1) is 0 Å². The minimum atomic E-state index is -1.24. The summed E-state index contributed by atoms with van der Waals surface area (Å²) in [5.74, 6) is -2.69. The first-order valence-electron chi connectivity index (χ1n) is 8.27. The Hall–Kier alpha value is -1.95. The van der Waals surface area contributed by atoms with Gasteiger partial charge < -0.3 is 34.2 Å². The normalized spacial score (nSPS) is 26.4. The number of hydrogen-bond donors (Lipinski definition) is 1. The van der Waals surface area contributed by atoms with Gasteiger partial charge in [0, 0.05) is 34.2 Å². The van der Waals surface area contributed by atoms with E-state index in [1.807, 2.05) is 0 Å². The van der Waals surface area contributed by atoms with Crippen molar-refractivity contribution in [2.75, 3.05) is 19.8 Å². The predicted octanol–water partition coefficient (Wildman–Crippen LogP) is -0.533. The van der Waals surface area contributed by atoms with Crippen molar-refractivity contribution in [2.24, 2.45) is 5.73 Å². The molecule has 0 aromatic heterocycles. The van der Waals surface area contributed by atoms with Crippen LogP contribution >= 0.6 is 12.4 Å². The van der Waals surface area contributed by atoms with Crippen LogP contribution < -0.4 is 5.73 Å². The maximum Gasteiger partial charge on any atom is 0.303 e. The van der Waals surface area contributed by atoms with E-state index in [1.165, 1.54) is 6.92 Å². The van der Waals surface area contributed by atoms with Crippen molar-refractivity contribution in [1.29, 1.82) is 0 Å². The maximum absolute atomic E-state index is 11.6. The quantitative estimate of drug-likeness (QED) is 0.393. The third-order valence-electron chi connectivity index (χ3n) is 3.35. The summed E-state index contributed by atoms with van der Waals surface area (Å²) in [6, 6.07) is 0. The highest BCUT2D eigenvalue weighted by Crippen LogP contribution is 2.29. The van der Waals surface area contributed by atoms with Crippen LogP contribution in [0.2, 0.25) is 0 Å². The van der Waals surface area contributed by atoms with Gasteiger partial charge in [0.1, 0.15) is 12.7 Å². The van der Waals surface area contributed by atoms with E-state index in [0.29, 0.717) is 0 Å². The van der Waals surface area contributed by atoms with Gasteiger partial charge in [-0.15, -0.1) is 12.4 Å². The van der Waals surface area contributed by atoms with Crippen molar-refractivity contribution in [3.05, 3.63) is 0 Å². The fourth-order valence-corrected chi connectivity index (χ4v) is 2.51. The molecule has 1 aliphatic rings. The molecule has 2 N–H and O–H groups in total. The Morgan fingerprint density at radius 3 is 1.79 bits per heavy atom. The van der Waals surface area contributed by atoms with E-state index in [4.69, 9.17) is 34.2 Å². The van der Waals surface area contributed by atoms with Crippen LogP contribution in [0.5, 0.6) is 0 Å². The van der Waals surface area contributed by atoms with Crippen molar-refractivity contribution in [1.82, 2.24) is 0 Å². The molecule has 0 aliphatic carbocycles. The molecule has 12 heteroatoms. The van der Waals surface area contributed by atoms with Gasteiger partial charge in [0.2, 0.25) is 0 Å². The number of nitrogens with two attached hydrogens (primary N) is 1. The third-order valence-corrected chi connectivity index (χ3v) is 3.35. The topological polar surface area (TPSA) is 150 Å². The lowest BCUT2D eigenvalue weighted by molar-refractivity contribution is -0.307. The summed E-state index contributed by atoms with van der Waals surface area (Å²) >= 11 is 0. The Balaban J connectivity index is 0.00000729.